The van der Waals surface area contributed by atoms with Crippen molar-refractivity contribution < 1.29 is 13.9 Å². The van der Waals surface area contributed by atoms with Gasteiger partial charge in [-0.05, 0) is 12.1 Å². The van der Waals surface area contributed by atoms with E-state index in [-0.39, 0.29) is 6.61 Å². The molecule has 0 bridgehead atoms. The molecule has 0 aliphatic rings. The standard InChI is InChI=1S/C10H10N2O3/c1-12-10(2-3-11-12)8-4-9(15-5-8)6-14-7-13/h2-5,7H,6H2,1H3. The van der Waals surface area contributed by atoms with Crippen LogP contribution in [0.1, 0.15) is 5.76 Å². The number of furan rings is 1. The molecule has 0 radical (unpaired) electrons. The van der Waals surface area contributed by atoms with Crippen molar-refractivity contribution in [2.24, 2.45) is 7.05 Å². The molecule has 15 heavy (non-hydrogen) atoms. The zero-order valence-corrected chi connectivity index (χ0v) is 8.21. The number of carbonyl (C=O) groups excluding carboxylic acids is 1. The summed E-state index contributed by atoms with van der Waals surface area (Å²) in [4.78, 5) is 9.99. The second-order valence-corrected chi connectivity index (χ2v) is 3.05. The lowest BCUT2D eigenvalue weighted by molar-refractivity contribution is -0.130. The third-order valence-corrected chi connectivity index (χ3v) is 2.06. The highest BCUT2D eigenvalue weighted by Gasteiger charge is 2.07. The second-order valence-electron chi connectivity index (χ2n) is 3.05. The van der Waals surface area contributed by atoms with Crippen LogP contribution in [0.2, 0.25) is 0 Å². The highest BCUT2D eigenvalue weighted by atomic mass is 16.5. The minimum Gasteiger partial charge on any atom is -0.465 e. The smallest absolute Gasteiger partial charge is 0.293 e. The highest BCUT2D eigenvalue weighted by Crippen LogP contribution is 2.21. The van der Waals surface area contributed by atoms with Crippen molar-refractivity contribution in [1.82, 2.24) is 9.78 Å². The van der Waals surface area contributed by atoms with Crippen molar-refractivity contribution in [3.05, 3.63) is 30.4 Å². The molecule has 0 aliphatic carbocycles. The van der Waals surface area contributed by atoms with Gasteiger partial charge in [0.15, 0.2) is 0 Å². The molecule has 0 spiro atoms. The number of aromatic nitrogens is 2. The maximum Gasteiger partial charge on any atom is 0.293 e. The molecule has 78 valence electrons. The topological polar surface area (TPSA) is 57.3 Å². The van der Waals surface area contributed by atoms with E-state index in [1.54, 1.807) is 17.1 Å². The molecule has 2 aromatic heterocycles. The molecule has 5 nitrogen and oxygen atoms in total. The molecule has 2 aromatic rings. The van der Waals surface area contributed by atoms with Crippen molar-refractivity contribution in [1.29, 1.82) is 0 Å². The summed E-state index contributed by atoms with van der Waals surface area (Å²) in [5, 5.41) is 4.05. The van der Waals surface area contributed by atoms with Crippen molar-refractivity contribution in [3.63, 3.8) is 0 Å². The van der Waals surface area contributed by atoms with Gasteiger partial charge in [0.05, 0.1) is 5.69 Å². The average molecular weight is 206 g/mol. The van der Waals surface area contributed by atoms with Gasteiger partial charge in [0.2, 0.25) is 0 Å². The van der Waals surface area contributed by atoms with Gasteiger partial charge in [-0.25, -0.2) is 0 Å². The molecule has 0 fully saturated rings. The summed E-state index contributed by atoms with van der Waals surface area (Å²) in [5.74, 6) is 0.610. The van der Waals surface area contributed by atoms with Gasteiger partial charge in [0.25, 0.3) is 6.47 Å². The Balaban J connectivity index is 2.20. The third kappa shape index (κ3) is 1.90. The van der Waals surface area contributed by atoms with E-state index in [2.05, 4.69) is 9.84 Å². The molecule has 0 saturated heterocycles. The van der Waals surface area contributed by atoms with Crippen LogP contribution in [0.4, 0.5) is 0 Å². The summed E-state index contributed by atoms with van der Waals surface area (Å²) in [6, 6.07) is 3.70. The fourth-order valence-corrected chi connectivity index (χ4v) is 1.36. The average Bonchev–Trinajstić information content (AvgIpc) is 2.83. The van der Waals surface area contributed by atoms with Crippen molar-refractivity contribution in [2.75, 3.05) is 0 Å². The molecule has 0 unspecified atom stereocenters. The van der Waals surface area contributed by atoms with E-state index >= 15 is 0 Å². The van der Waals surface area contributed by atoms with E-state index < -0.39 is 0 Å². The van der Waals surface area contributed by atoms with Gasteiger partial charge in [0, 0.05) is 18.8 Å². The maximum atomic E-state index is 9.99. The first-order chi connectivity index (χ1) is 7.31. The van der Waals surface area contributed by atoms with Crippen molar-refractivity contribution in [3.8, 4) is 11.3 Å². The Morgan fingerprint density at radius 2 is 2.53 bits per heavy atom. The summed E-state index contributed by atoms with van der Waals surface area (Å²) in [5.41, 5.74) is 1.87. The summed E-state index contributed by atoms with van der Waals surface area (Å²) in [7, 11) is 1.85. The Kier molecular flexibility index (Phi) is 2.53. The first-order valence-corrected chi connectivity index (χ1v) is 4.42. The molecular formula is C10H10N2O3. The van der Waals surface area contributed by atoms with Crippen LogP contribution in [0, 0.1) is 0 Å². The third-order valence-electron chi connectivity index (χ3n) is 2.06. The number of aryl methyl sites for hydroxylation is 1. The lowest BCUT2D eigenvalue weighted by Gasteiger charge is -1.95. The number of hydrogen-bond acceptors (Lipinski definition) is 4. The van der Waals surface area contributed by atoms with Crippen LogP contribution in [-0.2, 0) is 23.2 Å². The minimum atomic E-state index is 0.154. The maximum absolute atomic E-state index is 9.99. The van der Waals surface area contributed by atoms with Gasteiger partial charge in [-0.15, -0.1) is 0 Å². The monoisotopic (exact) mass is 206 g/mol. The van der Waals surface area contributed by atoms with Gasteiger partial charge in [-0.1, -0.05) is 0 Å². The predicted molar refractivity (Wildman–Crippen MR) is 51.8 cm³/mol. The quantitative estimate of drug-likeness (QED) is 0.708. The zero-order valence-electron chi connectivity index (χ0n) is 8.21. The van der Waals surface area contributed by atoms with Gasteiger partial charge in [0.1, 0.15) is 18.6 Å². The Morgan fingerprint density at radius 3 is 3.20 bits per heavy atom. The Hall–Kier alpha value is -2.04. The SMILES string of the molecule is Cn1nccc1-c1coc(COC=O)c1. The first-order valence-electron chi connectivity index (χ1n) is 4.42. The number of nitrogens with zero attached hydrogens (tertiary/aromatic N) is 2. The number of carbonyl (C=O) groups is 1. The molecule has 0 saturated carbocycles. The predicted octanol–water partition coefficient (Wildman–Crippen LogP) is 1.35. The van der Waals surface area contributed by atoms with E-state index in [0.717, 1.165) is 11.3 Å². The van der Waals surface area contributed by atoms with Crippen LogP contribution in [-0.4, -0.2) is 16.3 Å². The Morgan fingerprint density at radius 1 is 1.67 bits per heavy atom. The summed E-state index contributed by atoms with van der Waals surface area (Å²) < 4.78 is 11.5. The fourth-order valence-electron chi connectivity index (χ4n) is 1.36. The summed E-state index contributed by atoms with van der Waals surface area (Å²) in [6.07, 6.45) is 3.32. The van der Waals surface area contributed by atoms with E-state index in [4.69, 9.17) is 4.42 Å². The van der Waals surface area contributed by atoms with E-state index in [0.29, 0.717) is 12.2 Å². The van der Waals surface area contributed by atoms with Crippen LogP contribution in [0.25, 0.3) is 11.3 Å². The minimum absolute atomic E-state index is 0.154. The van der Waals surface area contributed by atoms with Crippen LogP contribution >= 0.6 is 0 Å². The summed E-state index contributed by atoms with van der Waals surface area (Å²) >= 11 is 0. The van der Waals surface area contributed by atoms with Crippen LogP contribution in [0.3, 0.4) is 0 Å². The molecule has 5 heteroatoms. The first kappa shape index (κ1) is 9.51. The molecule has 0 aliphatic heterocycles. The van der Waals surface area contributed by atoms with Crippen LogP contribution < -0.4 is 0 Å². The van der Waals surface area contributed by atoms with Crippen molar-refractivity contribution >= 4 is 6.47 Å². The molecule has 0 amide bonds. The second kappa shape index (κ2) is 4.00. The van der Waals surface area contributed by atoms with Crippen molar-refractivity contribution in [2.45, 2.75) is 6.61 Å². The normalized spacial score (nSPS) is 10.2. The number of rotatable bonds is 4. The lowest BCUT2D eigenvalue weighted by Crippen LogP contribution is -1.92. The lowest BCUT2D eigenvalue weighted by atomic mass is 10.2. The molecular weight excluding hydrogens is 196 g/mol. The van der Waals surface area contributed by atoms with Crippen LogP contribution in [0.15, 0.2) is 29.0 Å². The van der Waals surface area contributed by atoms with Gasteiger partial charge >= 0.3 is 0 Å². The Bertz CT molecular complexity index is 459. The van der Waals surface area contributed by atoms with E-state index in [1.165, 1.54) is 0 Å². The molecule has 2 rings (SSSR count). The van der Waals surface area contributed by atoms with E-state index in [1.807, 2.05) is 19.2 Å². The summed E-state index contributed by atoms with van der Waals surface area (Å²) in [6.45, 7) is 0.549. The van der Waals surface area contributed by atoms with E-state index in [9.17, 15) is 4.79 Å². The number of hydrogen-bond donors (Lipinski definition) is 0. The molecule has 0 N–H and O–H groups in total. The largest absolute Gasteiger partial charge is 0.465 e. The molecule has 0 aromatic carbocycles. The Labute approximate surface area is 86.3 Å². The van der Waals surface area contributed by atoms with Gasteiger partial charge in [-0.3, -0.25) is 9.48 Å². The van der Waals surface area contributed by atoms with Gasteiger partial charge < -0.3 is 9.15 Å². The van der Waals surface area contributed by atoms with Gasteiger partial charge in [-0.2, -0.15) is 5.10 Å². The zero-order chi connectivity index (χ0) is 10.7. The number of ether oxygens (including phenoxy) is 1. The molecule has 0 atom stereocenters. The highest BCUT2D eigenvalue weighted by molar-refractivity contribution is 5.58. The molecule has 2 heterocycles. The van der Waals surface area contributed by atoms with Crippen LogP contribution in [0.5, 0.6) is 0 Å². The fraction of sp³-hybridized carbons (Fsp3) is 0.200.